The molecule has 0 saturated heterocycles. The van der Waals surface area contributed by atoms with E-state index in [4.69, 9.17) is 28.2 Å². The van der Waals surface area contributed by atoms with Crippen molar-refractivity contribution in [2.45, 2.75) is 25.6 Å². The number of amides is 1. The zero-order valence-corrected chi connectivity index (χ0v) is 16.5. The monoisotopic (exact) mass is 409 g/mol. The van der Waals surface area contributed by atoms with Crippen molar-refractivity contribution in [3.8, 4) is 10.8 Å². The highest BCUT2D eigenvalue weighted by Crippen LogP contribution is 2.41. The van der Waals surface area contributed by atoms with Crippen molar-refractivity contribution < 1.29 is 14.1 Å². The number of thiophene rings is 1. The van der Waals surface area contributed by atoms with Gasteiger partial charge in [0.05, 0.1) is 12.1 Å². The van der Waals surface area contributed by atoms with Crippen LogP contribution in [-0.4, -0.2) is 35.3 Å². The predicted molar refractivity (Wildman–Crippen MR) is 104 cm³/mol. The average Bonchev–Trinajstić information content (AvgIpc) is 3.25. The number of aromatic nitrogens is 2. The van der Waals surface area contributed by atoms with Gasteiger partial charge in [0.15, 0.2) is 13.2 Å². The summed E-state index contributed by atoms with van der Waals surface area (Å²) in [6.45, 7) is 0.813. The highest BCUT2D eigenvalue weighted by atomic mass is 35.5. The van der Waals surface area contributed by atoms with Gasteiger partial charge < -0.3 is 14.6 Å². The minimum Gasteiger partial charge on any atom is -0.408 e. The largest absolute Gasteiger partial charge is 0.408 e. The van der Waals surface area contributed by atoms with E-state index >= 15 is 0 Å². The summed E-state index contributed by atoms with van der Waals surface area (Å²) in [6.07, 6.45) is 2.16. The predicted octanol–water partition coefficient (Wildman–Crippen LogP) is 2.49. The van der Waals surface area contributed by atoms with Gasteiger partial charge in [-0.15, -0.1) is 16.4 Å². The number of carbonyl (C=O) groups excluding carboxylic acids is 1. The number of quaternary nitrogens is 1. The molecule has 1 atom stereocenters. The normalized spacial score (nSPS) is 15.3. The third-order valence-electron chi connectivity index (χ3n) is 4.16. The van der Waals surface area contributed by atoms with Crippen LogP contribution in [0.1, 0.15) is 12.8 Å². The van der Waals surface area contributed by atoms with Gasteiger partial charge in [-0.1, -0.05) is 29.8 Å². The maximum atomic E-state index is 11.9. The molecule has 0 spiro atoms. The summed E-state index contributed by atoms with van der Waals surface area (Å²) in [5.74, 6) is 0.462. The highest BCUT2D eigenvalue weighted by molar-refractivity contribution is 7.71. The molecule has 2 heterocycles. The Hall–Kier alpha value is -1.74. The van der Waals surface area contributed by atoms with Crippen LogP contribution in [-0.2, 0) is 11.5 Å². The fourth-order valence-corrected chi connectivity index (χ4v) is 4.36. The summed E-state index contributed by atoms with van der Waals surface area (Å²) in [5.41, 5.74) is 0. The molecule has 2 aromatic heterocycles. The first-order valence-electron chi connectivity index (χ1n) is 8.37. The lowest BCUT2D eigenvalue weighted by Gasteiger charge is -2.12. The van der Waals surface area contributed by atoms with Crippen molar-refractivity contribution in [3.63, 3.8) is 0 Å². The molecule has 2 N–H and O–H groups in total. The standard InChI is InChI=1S/C17H17ClN4O2S2/c1-21(8-13(23)19-10-6-7-10)9-22-17(25)24-16(20-22)15-14(18)11-4-2-3-5-12(11)26-15/h2-5,10H,6-9H2,1H3,(H,19,23)/p+1. The molecule has 0 bridgehead atoms. The number of halogens is 1. The lowest BCUT2D eigenvalue weighted by Crippen LogP contribution is -3.09. The average molecular weight is 410 g/mol. The Bertz CT molecular complexity index is 1020. The molecule has 0 aliphatic heterocycles. The van der Waals surface area contributed by atoms with Crippen LogP contribution in [0, 0.1) is 4.84 Å². The third kappa shape index (κ3) is 3.68. The number of carbonyl (C=O) groups is 1. The van der Waals surface area contributed by atoms with Crippen LogP contribution in [0.2, 0.25) is 5.02 Å². The van der Waals surface area contributed by atoms with E-state index in [2.05, 4.69) is 10.4 Å². The van der Waals surface area contributed by atoms with Crippen LogP contribution in [0.15, 0.2) is 28.7 Å². The fraction of sp³-hybridized carbons (Fsp3) is 0.353. The van der Waals surface area contributed by atoms with Crippen LogP contribution in [0.4, 0.5) is 0 Å². The Kier molecular flexibility index (Phi) is 4.83. The van der Waals surface area contributed by atoms with Crippen LogP contribution in [0.3, 0.4) is 0 Å². The molecule has 1 aliphatic carbocycles. The first kappa shape index (κ1) is 17.7. The maximum absolute atomic E-state index is 11.9. The SMILES string of the molecule is C[NH+](CC(=O)NC1CC1)Cn1nc(-c2sc3ccccc3c2Cl)oc1=S. The van der Waals surface area contributed by atoms with E-state index in [1.807, 2.05) is 31.3 Å². The lowest BCUT2D eigenvalue weighted by atomic mass is 10.2. The minimum absolute atomic E-state index is 0.0489. The van der Waals surface area contributed by atoms with Gasteiger partial charge in [-0.25, -0.2) is 0 Å². The van der Waals surface area contributed by atoms with E-state index in [1.54, 1.807) is 4.68 Å². The Morgan fingerprint density at radius 2 is 2.27 bits per heavy atom. The zero-order valence-electron chi connectivity index (χ0n) is 14.1. The summed E-state index contributed by atoms with van der Waals surface area (Å²) in [4.78, 5) is 13.9. The number of nitrogens with one attached hydrogen (secondary N) is 2. The topological polar surface area (TPSA) is 64.5 Å². The van der Waals surface area contributed by atoms with E-state index in [9.17, 15) is 4.79 Å². The van der Waals surface area contributed by atoms with Gasteiger partial charge in [-0.2, -0.15) is 4.68 Å². The Balaban J connectivity index is 1.52. The van der Waals surface area contributed by atoms with Crippen molar-refractivity contribution in [2.24, 2.45) is 0 Å². The van der Waals surface area contributed by atoms with Gasteiger partial charge in [0.25, 0.3) is 16.6 Å². The molecule has 1 fully saturated rings. The molecule has 1 aromatic carbocycles. The van der Waals surface area contributed by atoms with Gasteiger partial charge in [0.1, 0.15) is 4.88 Å². The lowest BCUT2D eigenvalue weighted by molar-refractivity contribution is -0.895. The minimum atomic E-state index is 0.0489. The van der Waals surface area contributed by atoms with Crippen molar-refractivity contribution >= 4 is 51.1 Å². The number of hydrogen-bond acceptors (Lipinski definition) is 5. The molecule has 9 heteroatoms. The second-order valence-electron chi connectivity index (χ2n) is 6.55. The fourth-order valence-electron chi connectivity index (χ4n) is 2.74. The maximum Gasteiger partial charge on any atom is 0.292 e. The molecule has 1 aliphatic rings. The van der Waals surface area contributed by atoms with Crippen LogP contribution >= 0.6 is 35.2 Å². The summed E-state index contributed by atoms with van der Waals surface area (Å²) in [6, 6.07) is 8.27. The quantitative estimate of drug-likeness (QED) is 0.614. The van der Waals surface area contributed by atoms with Crippen molar-refractivity contribution in [1.29, 1.82) is 0 Å². The number of rotatable bonds is 6. The van der Waals surface area contributed by atoms with Gasteiger partial charge in [0, 0.05) is 16.1 Å². The molecule has 1 unspecified atom stereocenters. The molecule has 3 aromatic rings. The smallest absolute Gasteiger partial charge is 0.292 e. The molecule has 6 nitrogen and oxygen atoms in total. The molecule has 26 heavy (non-hydrogen) atoms. The molecule has 0 radical (unpaired) electrons. The summed E-state index contributed by atoms with van der Waals surface area (Å²) in [5, 5.41) is 9.06. The second-order valence-corrected chi connectivity index (χ2v) is 8.33. The molecule has 1 amide bonds. The van der Waals surface area contributed by atoms with Gasteiger partial charge >= 0.3 is 0 Å². The summed E-state index contributed by atoms with van der Waals surface area (Å²) < 4.78 is 8.34. The Morgan fingerprint density at radius 3 is 3.00 bits per heavy atom. The molecular weight excluding hydrogens is 392 g/mol. The van der Waals surface area contributed by atoms with Crippen LogP contribution in [0.5, 0.6) is 0 Å². The second kappa shape index (κ2) is 7.11. The number of benzene rings is 1. The molecular formula is C17H18ClN4O2S2+. The van der Waals surface area contributed by atoms with Gasteiger partial charge in [0.2, 0.25) is 0 Å². The molecule has 1 saturated carbocycles. The van der Waals surface area contributed by atoms with E-state index in [1.165, 1.54) is 11.3 Å². The highest BCUT2D eigenvalue weighted by Gasteiger charge is 2.25. The van der Waals surface area contributed by atoms with Crippen LogP contribution < -0.4 is 10.2 Å². The number of hydrogen-bond donors (Lipinski definition) is 2. The summed E-state index contributed by atoms with van der Waals surface area (Å²) in [7, 11) is 1.93. The summed E-state index contributed by atoms with van der Waals surface area (Å²) >= 11 is 13.3. The Morgan fingerprint density at radius 1 is 1.50 bits per heavy atom. The third-order valence-corrected chi connectivity index (χ3v) is 6.12. The van der Waals surface area contributed by atoms with E-state index in [0.717, 1.165) is 32.7 Å². The zero-order chi connectivity index (χ0) is 18.3. The number of nitrogens with zero attached hydrogens (tertiary/aromatic N) is 2. The number of likely N-dealkylation sites (N-methyl/N-ethyl adjacent to an activating group) is 1. The van der Waals surface area contributed by atoms with Crippen molar-refractivity contribution in [1.82, 2.24) is 15.1 Å². The molecule has 136 valence electrons. The van der Waals surface area contributed by atoms with Gasteiger partial charge in [-0.05, 0) is 31.1 Å². The van der Waals surface area contributed by atoms with E-state index in [-0.39, 0.29) is 10.7 Å². The Labute approximate surface area is 164 Å². The number of fused-ring (bicyclic) bond motifs is 1. The van der Waals surface area contributed by atoms with Crippen molar-refractivity contribution in [3.05, 3.63) is 34.1 Å². The molecule has 4 rings (SSSR count). The first-order chi connectivity index (χ1) is 12.5. The van der Waals surface area contributed by atoms with Crippen LogP contribution in [0.25, 0.3) is 20.9 Å². The van der Waals surface area contributed by atoms with E-state index < -0.39 is 0 Å². The van der Waals surface area contributed by atoms with Gasteiger partial charge in [-0.3, -0.25) is 4.79 Å². The van der Waals surface area contributed by atoms with E-state index in [0.29, 0.717) is 30.2 Å². The first-order valence-corrected chi connectivity index (χ1v) is 9.97. The van der Waals surface area contributed by atoms with Crippen molar-refractivity contribution in [2.75, 3.05) is 13.6 Å².